The molecule has 2 rings (SSSR count). The predicted molar refractivity (Wildman–Crippen MR) is 98.1 cm³/mol. The van der Waals surface area contributed by atoms with Crippen LogP contribution in [0.3, 0.4) is 0 Å². The smallest absolute Gasteiger partial charge is 0.422 e. The van der Waals surface area contributed by atoms with Crippen LogP contribution in [0.15, 0.2) is 18.2 Å². The van der Waals surface area contributed by atoms with Crippen LogP contribution in [0.4, 0.5) is 13.2 Å². The molecule has 0 aromatic heterocycles. The normalized spacial score (nSPS) is 16.8. The van der Waals surface area contributed by atoms with Crippen LogP contribution in [0.25, 0.3) is 0 Å². The van der Waals surface area contributed by atoms with Gasteiger partial charge in [0.25, 0.3) is 5.91 Å². The molecule has 1 atom stereocenters. The summed E-state index contributed by atoms with van der Waals surface area (Å²) in [4.78, 5) is 24.0. The minimum absolute atomic E-state index is 0.105. The first kappa shape index (κ1) is 22.8. The number of rotatable bonds is 9. The maximum atomic E-state index is 12.6. The second kappa shape index (κ2) is 10.9. The molecule has 0 spiro atoms. The summed E-state index contributed by atoms with van der Waals surface area (Å²) in [7, 11) is 0. The van der Waals surface area contributed by atoms with Crippen molar-refractivity contribution in [2.24, 2.45) is 0 Å². The number of halogens is 3. The first-order valence-corrected chi connectivity index (χ1v) is 9.42. The van der Waals surface area contributed by atoms with Gasteiger partial charge in [-0.05, 0) is 44.5 Å². The molecule has 7 nitrogen and oxygen atoms in total. The minimum atomic E-state index is -4.54. The lowest BCUT2D eigenvalue weighted by molar-refractivity contribution is -0.153. The molecule has 29 heavy (non-hydrogen) atoms. The van der Waals surface area contributed by atoms with E-state index in [2.05, 4.69) is 10.6 Å². The van der Waals surface area contributed by atoms with Gasteiger partial charge in [-0.1, -0.05) is 6.42 Å². The van der Waals surface area contributed by atoms with Gasteiger partial charge in [-0.2, -0.15) is 13.2 Å². The summed E-state index contributed by atoms with van der Waals surface area (Å²) in [6, 6.07) is 3.88. The summed E-state index contributed by atoms with van der Waals surface area (Å²) < 4.78 is 52.3. The molecule has 2 N–H and O–H groups in total. The lowest BCUT2D eigenvalue weighted by Gasteiger charge is -2.24. The zero-order chi connectivity index (χ0) is 21.3. The molecule has 1 aliphatic rings. The first-order chi connectivity index (χ1) is 13.8. The highest BCUT2D eigenvalue weighted by molar-refractivity contribution is 5.97. The largest absolute Gasteiger partial charge is 0.483 e. The van der Waals surface area contributed by atoms with Gasteiger partial charge >= 0.3 is 12.1 Å². The average Bonchev–Trinajstić information content (AvgIpc) is 2.69. The number of nitrogens with one attached hydrogen (secondary N) is 2. The van der Waals surface area contributed by atoms with E-state index < -0.39 is 24.7 Å². The number of esters is 1. The van der Waals surface area contributed by atoms with Gasteiger partial charge in [0.05, 0.1) is 12.2 Å². The topological polar surface area (TPSA) is 85.9 Å². The van der Waals surface area contributed by atoms with Gasteiger partial charge in [-0.25, -0.2) is 4.79 Å². The molecule has 10 heteroatoms. The number of alkyl halides is 3. The maximum absolute atomic E-state index is 12.6. The van der Waals surface area contributed by atoms with Crippen LogP contribution in [0.2, 0.25) is 0 Å². The lowest BCUT2D eigenvalue weighted by Crippen LogP contribution is -2.43. The third-order valence-electron chi connectivity index (χ3n) is 4.17. The molecule has 1 amide bonds. The summed E-state index contributed by atoms with van der Waals surface area (Å²) in [6.07, 6.45) is -1.52. The third kappa shape index (κ3) is 8.18. The number of piperidine rings is 1. The SMILES string of the molecule is CCOC(=O)COc1ccc(OCC(F)(F)F)c(C(=O)NCC2CCCCN2)c1. The Morgan fingerprint density at radius 3 is 2.69 bits per heavy atom. The van der Waals surface area contributed by atoms with Crippen molar-refractivity contribution in [3.8, 4) is 11.5 Å². The third-order valence-corrected chi connectivity index (χ3v) is 4.17. The van der Waals surface area contributed by atoms with E-state index in [1.165, 1.54) is 18.2 Å². The minimum Gasteiger partial charge on any atom is -0.483 e. The van der Waals surface area contributed by atoms with Gasteiger partial charge in [0.1, 0.15) is 11.5 Å². The van der Waals surface area contributed by atoms with Gasteiger partial charge in [0.15, 0.2) is 13.2 Å². The van der Waals surface area contributed by atoms with E-state index in [-0.39, 0.29) is 36.3 Å². The van der Waals surface area contributed by atoms with E-state index in [1.807, 2.05) is 0 Å². The Balaban J connectivity index is 2.08. The summed E-state index contributed by atoms with van der Waals surface area (Å²) in [5, 5.41) is 5.98. The maximum Gasteiger partial charge on any atom is 0.422 e. The van der Waals surface area contributed by atoms with Crippen molar-refractivity contribution >= 4 is 11.9 Å². The molecule has 1 saturated heterocycles. The van der Waals surface area contributed by atoms with Crippen molar-refractivity contribution in [2.45, 2.75) is 38.4 Å². The fourth-order valence-corrected chi connectivity index (χ4v) is 2.82. The van der Waals surface area contributed by atoms with E-state index in [0.717, 1.165) is 25.8 Å². The number of hydrogen-bond acceptors (Lipinski definition) is 6. The molecule has 1 fully saturated rings. The Kier molecular flexibility index (Phi) is 8.56. The van der Waals surface area contributed by atoms with Gasteiger partial charge in [-0.15, -0.1) is 0 Å². The molecule has 1 aromatic carbocycles. The van der Waals surface area contributed by atoms with Crippen LogP contribution < -0.4 is 20.1 Å². The summed E-state index contributed by atoms with van der Waals surface area (Å²) >= 11 is 0. The van der Waals surface area contributed by atoms with Crippen LogP contribution in [0, 0.1) is 0 Å². The van der Waals surface area contributed by atoms with Crippen molar-refractivity contribution in [2.75, 3.05) is 32.9 Å². The zero-order valence-electron chi connectivity index (χ0n) is 16.1. The van der Waals surface area contributed by atoms with Crippen LogP contribution in [-0.4, -0.2) is 57.0 Å². The molecule has 1 aliphatic heterocycles. The second-order valence-electron chi connectivity index (χ2n) is 6.51. The molecule has 1 heterocycles. The van der Waals surface area contributed by atoms with Crippen molar-refractivity contribution in [3.05, 3.63) is 23.8 Å². The van der Waals surface area contributed by atoms with Gasteiger partial charge in [0, 0.05) is 12.6 Å². The average molecular weight is 418 g/mol. The second-order valence-corrected chi connectivity index (χ2v) is 6.51. The van der Waals surface area contributed by atoms with E-state index in [9.17, 15) is 22.8 Å². The summed E-state index contributed by atoms with van der Waals surface area (Å²) in [5.41, 5.74) is -0.105. The molecule has 1 aromatic rings. The summed E-state index contributed by atoms with van der Waals surface area (Å²) in [6.45, 7) is 1.12. The Hall–Kier alpha value is -2.49. The van der Waals surface area contributed by atoms with Crippen molar-refractivity contribution in [1.29, 1.82) is 0 Å². The van der Waals surface area contributed by atoms with Crippen LogP contribution >= 0.6 is 0 Å². The number of benzene rings is 1. The number of carbonyl (C=O) groups is 2. The molecular weight excluding hydrogens is 393 g/mol. The number of hydrogen-bond donors (Lipinski definition) is 2. The van der Waals surface area contributed by atoms with Crippen molar-refractivity contribution < 1.29 is 37.0 Å². The fourth-order valence-electron chi connectivity index (χ4n) is 2.82. The Labute approximate surface area is 166 Å². The first-order valence-electron chi connectivity index (χ1n) is 9.42. The Bertz CT molecular complexity index is 691. The highest BCUT2D eigenvalue weighted by atomic mass is 19.4. The molecule has 0 aliphatic carbocycles. The zero-order valence-corrected chi connectivity index (χ0v) is 16.1. The van der Waals surface area contributed by atoms with E-state index >= 15 is 0 Å². The Morgan fingerprint density at radius 1 is 1.24 bits per heavy atom. The van der Waals surface area contributed by atoms with Crippen LogP contribution in [0.1, 0.15) is 36.5 Å². The van der Waals surface area contributed by atoms with Crippen LogP contribution in [-0.2, 0) is 9.53 Å². The van der Waals surface area contributed by atoms with Gasteiger partial charge in [0.2, 0.25) is 0 Å². The highest BCUT2D eigenvalue weighted by Crippen LogP contribution is 2.26. The number of carbonyl (C=O) groups excluding carboxylic acids is 2. The predicted octanol–water partition coefficient (Wildman–Crippen LogP) is 2.44. The highest BCUT2D eigenvalue weighted by Gasteiger charge is 2.29. The standard InChI is InChI=1S/C19H25F3N2O5/c1-2-27-17(25)11-28-14-6-7-16(29-12-19(20,21)22)15(9-14)18(26)24-10-13-5-3-4-8-23-13/h6-7,9,13,23H,2-5,8,10-12H2,1H3,(H,24,26). The Morgan fingerprint density at radius 2 is 2.03 bits per heavy atom. The van der Waals surface area contributed by atoms with Crippen LogP contribution in [0.5, 0.6) is 11.5 Å². The lowest BCUT2D eigenvalue weighted by atomic mass is 10.0. The quantitative estimate of drug-likeness (QED) is 0.600. The molecule has 0 radical (unpaired) electrons. The van der Waals surface area contributed by atoms with Gasteiger partial charge < -0.3 is 24.8 Å². The van der Waals surface area contributed by atoms with E-state index in [4.69, 9.17) is 14.2 Å². The van der Waals surface area contributed by atoms with Gasteiger partial charge in [-0.3, -0.25) is 4.79 Å². The van der Waals surface area contributed by atoms with Crippen molar-refractivity contribution in [1.82, 2.24) is 10.6 Å². The molecule has 0 saturated carbocycles. The van der Waals surface area contributed by atoms with E-state index in [1.54, 1.807) is 6.92 Å². The molecule has 0 bridgehead atoms. The molecular formula is C19H25F3N2O5. The number of amides is 1. The number of ether oxygens (including phenoxy) is 3. The fraction of sp³-hybridized carbons (Fsp3) is 0.579. The van der Waals surface area contributed by atoms with Crippen molar-refractivity contribution in [3.63, 3.8) is 0 Å². The monoisotopic (exact) mass is 418 g/mol. The molecule has 162 valence electrons. The van der Waals surface area contributed by atoms with E-state index in [0.29, 0.717) is 6.54 Å². The molecule has 1 unspecified atom stereocenters. The summed E-state index contributed by atoms with van der Waals surface area (Å²) in [5.74, 6) is -1.27.